The number of carbonyl (C=O) groups is 7. The summed E-state index contributed by atoms with van der Waals surface area (Å²) in [4.78, 5) is 84.6. The second kappa shape index (κ2) is 45.8. The molecule has 0 aromatic rings. The predicted molar refractivity (Wildman–Crippen MR) is 273 cm³/mol. The molecule has 9 atom stereocenters. The molecule has 1 rings (SSSR count). The van der Waals surface area contributed by atoms with Crippen LogP contribution in [0, 0.1) is 23.7 Å². The van der Waals surface area contributed by atoms with Gasteiger partial charge in [-0.15, -0.1) is 0 Å². The number of carbonyl (C=O) groups excluding carboxylic acids is 7. The molecule has 0 spiro atoms. The van der Waals surface area contributed by atoms with E-state index in [1.165, 1.54) is 14.0 Å². The molecule has 73 heavy (non-hydrogen) atoms. The third-order valence-corrected chi connectivity index (χ3v) is 12.0. The molecule has 3 amide bonds. The monoisotopic (exact) mass is 1060 g/mol. The fourth-order valence-electron chi connectivity index (χ4n) is 7.73. The van der Waals surface area contributed by atoms with E-state index in [0.29, 0.717) is 98.0 Å². The smallest absolute Gasteiger partial charge is 0.387 e. The molecule has 0 unspecified atom stereocenters. The van der Waals surface area contributed by atoms with E-state index in [4.69, 9.17) is 28.4 Å². The van der Waals surface area contributed by atoms with Crippen molar-refractivity contribution in [3.05, 3.63) is 0 Å². The number of aliphatic hydroxyl groups excluding tert-OH is 3. The molecule has 422 valence electrons. The average molecular weight is 1060 g/mol. The summed E-state index contributed by atoms with van der Waals surface area (Å²) in [5, 5.41) is 43.9. The van der Waals surface area contributed by atoms with Crippen molar-refractivity contribution in [3.63, 3.8) is 0 Å². The number of hydrogen-bond donors (Lipinski definition) is 8. The molecule has 0 aliphatic carbocycles. The van der Waals surface area contributed by atoms with Gasteiger partial charge in [0.2, 0.25) is 11.8 Å². The molecule has 1 aliphatic rings. The minimum absolute atomic E-state index is 0. The van der Waals surface area contributed by atoms with Gasteiger partial charge in [0.05, 0.1) is 64.9 Å². The van der Waals surface area contributed by atoms with Crippen LogP contribution in [0.15, 0.2) is 0 Å². The van der Waals surface area contributed by atoms with E-state index in [1.54, 1.807) is 21.0 Å². The maximum atomic E-state index is 12.5. The Morgan fingerprint density at radius 3 is 1.30 bits per heavy atom. The Balaban J connectivity index is -0.00000134. The van der Waals surface area contributed by atoms with Crippen LogP contribution in [-0.4, -0.2) is 193 Å². The minimum atomic E-state index is -1.59. The van der Waals surface area contributed by atoms with Crippen LogP contribution < -0.4 is 56.1 Å². The Kier molecular flexibility index (Phi) is 47.0. The molecule has 0 saturated carbocycles. The number of likely N-dealkylation sites (N-methyl/N-ethyl adjacent to an activating group) is 2. The maximum absolute atomic E-state index is 12.5. The van der Waals surface area contributed by atoms with Gasteiger partial charge in [-0.25, -0.2) is 0 Å². The van der Waals surface area contributed by atoms with Gasteiger partial charge >= 0.3 is 29.6 Å². The van der Waals surface area contributed by atoms with Crippen molar-refractivity contribution in [2.75, 3.05) is 93.7 Å². The number of ether oxygens (including phenoxy) is 6. The van der Waals surface area contributed by atoms with Crippen LogP contribution in [0.3, 0.4) is 0 Å². The summed E-state index contributed by atoms with van der Waals surface area (Å²) in [6, 6.07) is -0.518. The number of rotatable bonds is 41. The number of Topliss-reactive ketones (excluding diaryl/α,β-unsaturated/α-hetero) is 4. The second-order valence-corrected chi connectivity index (χ2v) is 18.5. The standard InChI is InChI=1S/C29H55N3O8.C21H38N2O8.CH4.Na/c1-6-12-31-27(35)10-14-37-16-18-39-20-21-40-19-17-38-15-11-28(36)32-13-8-7-9-25(24(4)33)22-26(34)29(30-5)23(2)3;1-11(2)15(22-4)14(25)10-13(12(3)24)8-6-7-9-23-20(29)19-17(27)16(26)18(28)21(30-5)31-19;;/h23,25,29-30H,6-22H2,1-5H3,(H,31,35)(H,32,36);11,13,15-19,21-22,26-28H,6-10H2,1-5H3,(H,23,29);1H4;/q;;;+1/t25-,29+;13-,15+,16+,17+,18-,19+,21-;;/m11../s1. The van der Waals surface area contributed by atoms with Gasteiger partial charge in [-0.3, -0.25) is 33.6 Å². The largest absolute Gasteiger partial charge is 1.00 e. The van der Waals surface area contributed by atoms with Gasteiger partial charge in [-0.2, -0.15) is 0 Å². The summed E-state index contributed by atoms with van der Waals surface area (Å²) >= 11 is 0. The molecule has 0 bridgehead atoms. The van der Waals surface area contributed by atoms with Gasteiger partial charge in [-0.05, 0) is 71.9 Å². The van der Waals surface area contributed by atoms with E-state index in [2.05, 4.69) is 26.6 Å². The van der Waals surface area contributed by atoms with Crippen LogP contribution in [0.1, 0.15) is 127 Å². The Bertz CT molecular complexity index is 1510. The van der Waals surface area contributed by atoms with E-state index < -0.39 is 36.6 Å². The zero-order valence-corrected chi connectivity index (χ0v) is 47.6. The Hall–Kier alpha value is -2.35. The molecular formula is C51H97N5NaO16+. The maximum Gasteiger partial charge on any atom is 1.00 e. The molecule has 1 aliphatic heterocycles. The summed E-state index contributed by atoms with van der Waals surface area (Å²) in [6.07, 6.45) is -1.35. The van der Waals surface area contributed by atoms with Gasteiger partial charge in [0.1, 0.15) is 29.9 Å². The molecule has 0 radical (unpaired) electrons. The van der Waals surface area contributed by atoms with Crippen LogP contribution in [-0.2, 0) is 62.0 Å². The third-order valence-electron chi connectivity index (χ3n) is 12.0. The fraction of sp³-hybridized carbons (Fsp3) is 0.863. The average Bonchev–Trinajstić information content (AvgIpc) is 3.31. The van der Waals surface area contributed by atoms with Crippen molar-refractivity contribution in [3.8, 4) is 0 Å². The minimum Gasteiger partial charge on any atom is -0.387 e. The quantitative estimate of drug-likeness (QED) is 0.0264. The van der Waals surface area contributed by atoms with Gasteiger partial charge in [-0.1, -0.05) is 54.9 Å². The number of hydrogen-bond acceptors (Lipinski definition) is 18. The summed E-state index contributed by atoms with van der Waals surface area (Å²) < 4.78 is 31.7. The van der Waals surface area contributed by atoms with Crippen LogP contribution in [0.5, 0.6) is 0 Å². The zero-order chi connectivity index (χ0) is 53.7. The topological polar surface area (TPSA) is 296 Å². The molecule has 0 aromatic heterocycles. The van der Waals surface area contributed by atoms with Gasteiger partial charge in [0.25, 0.3) is 5.91 Å². The van der Waals surface area contributed by atoms with Gasteiger partial charge in [0.15, 0.2) is 24.0 Å². The fourth-order valence-corrected chi connectivity index (χ4v) is 7.73. The summed E-state index contributed by atoms with van der Waals surface area (Å²) in [6.45, 7) is 17.7. The number of unbranched alkanes of at least 4 members (excludes halogenated alkanes) is 2. The number of methoxy groups -OCH3 is 1. The van der Waals surface area contributed by atoms with Crippen molar-refractivity contribution in [2.45, 2.75) is 169 Å². The van der Waals surface area contributed by atoms with Crippen LogP contribution in [0.2, 0.25) is 0 Å². The summed E-state index contributed by atoms with van der Waals surface area (Å²) in [5.74, 6) is -0.930. The van der Waals surface area contributed by atoms with Gasteiger partial charge in [0, 0.05) is 64.3 Å². The van der Waals surface area contributed by atoms with Gasteiger partial charge < -0.3 is 70.3 Å². The summed E-state index contributed by atoms with van der Waals surface area (Å²) in [7, 11) is 4.75. The van der Waals surface area contributed by atoms with Crippen molar-refractivity contribution in [1.82, 2.24) is 26.6 Å². The van der Waals surface area contributed by atoms with E-state index in [0.717, 1.165) is 19.3 Å². The molecule has 1 fully saturated rings. The summed E-state index contributed by atoms with van der Waals surface area (Å²) in [5.41, 5.74) is 0. The van der Waals surface area contributed by atoms with Crippen molar-refractivity contribution >= 4 is 40.9 Å². The SMILES string of the molecule is C.CCCNC(=O)CCOCCOCCOCCOCCC(=O)NCCCC[C@H](CC(=O)[C@@H](NC)C(C)C)C(C)=O.CN[C@H](C(=O)C[C@@H](CCCCNC(=O)[C@H]1O[C@@H](OC)[C@H](O)[C@@H](O)[C@@H]1O)C(C)=O)C(C)C.[Na+]. The van der Waals surface area contributed by atoms with E-state index in [9.17, 15) is 48.9 Å². The van der Waals surface area contributed by atoms with Crippen molar-refractivity contribution in [2.24, 2.45) is 23.7 Å². The molecular weight excluding hydrogens is 962 g/mol. The zero-order valence-electron chi connectivity index (χ0n) is 45.6. The third kappa shape index (κ3) is 34.1. The number of aliphatic hydroxyl groups is 3. The van der Waals surface area contributed by atoms with E-state index in [1.807, 2.05) is 34.6 Å². The molecule has 0 aromatic carbocycles. The first kappa shape index (κ1) is 74.9. The van der Waals surface area contributed by atoms with Crippen LogP contribution in [0.4, 0.5) is 0 Å². The predicted octanol–water partition coefficient (Wildman–Crippen LogP) is -1.17. The Morgan fingerprint density at radius 2 is 0.945 bits per heavy atom. The number of amides is 3. The second-order valence-electron chi connectivity index (χ2n) is 18.5. The van der Waals surface area contributed by atoms with E-state index >= 15 is 0 Å². The van der Waals surface area contributed by atoms with Crippen molar-refractivity contribution in [1.29, 1.82) is 0 Å². The number of nitrogens with one attached hydrogen (secondary N) is 5. The van der Waals surface area contributed by atoms with Crippen molar-refractivity contribution < 1.29 is 107 Å². The first-order valence-electron chi connectivity index (χ1n) is 25.5. The molecule has 22 heteroatoms. The first-order valence-corrected chi connectivity index (χ1v) is 25.5. The van der Waals surface area contributed by atoms with E-state index in [-0.39, 0.29) is 133 Å². The molecule has 21 nitrogen and oxygen atoms in total. The normalized spacial score (nSPS) is 19.0. The number of ketones is 4. The Morgan fingerprint density at radius 1 is 0.562 bits per heavy atom. The Labute approximate surface area is 458 Å². The van der Waals surface area contributed by atoms with Crippen LogP contribution >= 0.6 is 0 Å². The van der Waals surface area contributed by atoms with Crippen LogP contribution in [0.25, 0.3) is 0 Å². The molecule has 1 heterocycles. The molecule has 1 saturated heterocycles. The molecule has 8 N–H and O–H groups in total. The first-order chi connectivity index (χ1) is 33.8.